The molecule has 0 amide bonds. The minimum absolute atomic E-state index is 0.228. The maximum atomic E-state index is 10.9. The first-order valence-corrected chi connectivity index (χ1v) is 3.57. The van der Waals surface area contributed by atoms with Gasteiger partial charge in [0, 0.05) is 19.6 Å². The number of nitrogens with zero attached hydrogens (tertiary/aromatic N) is 1. The summed E-state index contributed by atoms with van der Waals surface area (Å²) in [5.74, 6) is 0.798. The van der Waals surface area contributed by atoms with Crippen molar-refractivity contribution >= 4 is 5.82 Å². The van der Waals surface area contributed by atoms with Gasteiger partial charge in [0.15, 0.2) is 0 Å². The molecule has 0 spiro atoms. The topological polar surface area (TPSA) is 81.0 Å². The fourth-order valence-electron chi connectivity index (χ4n) is 0.846. The molecule has 0 bridgehead atoms. The first-order valence-electron chi connectivity index (χ1n) is 3.57. The number of ether oxygens (including phenoxy) is 1. The predicted molar refractivity (Wildman–Crippen MR) is 44.9 cm³/mol. The van der Waals surface area contributed by atoms with Crippen LogP contribution in [0.5, 0.6) is 0 Å². The van der Waals surface area contributed by atoms with E-state index in [1.54, 1.807) is 7.11 Å². The maximum absolute atomic E-state index is 10.9. The Morgan fingerprint density at radius 1 is 1.75 bits per heavy atom. The van der Waals surface area contributed by atoms with Gasteiger partial charge in [-0.1, -0.05) is 0 Å². The molecular formula is C7H11N3O2. The highest BCUT2D eigenvalue weighted by molar-refractivity contribution is 5.25. The Labute approximate surface area is 69.6 Å². The number of H-pyrrole nitrogens is 1. The maximum Gasteiger partial charge on any atom is 0.252 e. The number of rotatable bonds is 3. The Morgan fingerprint density at radius 3 is 3.08 bits per heavy atom. The van der Waals surface area contributed by atoms with Gasteiger partial charge in [-0.15, -0.1) is 0 Å². The molecule has 0 radical (unpaired) electrons. The lowest BCUT2D eigenvalue weighted by Gasteiger charge is -1.99. The van der Waals surface area contributed by atoms with Crippen LogP contribution >= 0.6 is 0 Å². The van der Waals surface area contributed by atoms with Crippen molar-refractivity contribution < 1.29 is 4.74 Å². The van der Waals surface area contributed by atoms with E-state index in [-0.39, 0.29) is 11.4 Å². The van der Waals surface area contributed by atoms with E-state index in [2.05, 4.69) is 9.97 Å². The van der Waals surface area contributed by atoms with Gasteiger partial charge in [-0.25, -0.2) is 4.98 Å². The number of anilines is 1. The largest absolute Gasteiger partial charge is 0.384 e. The number of nitrogens with two attached hydrogens (primary N) is 1. The molecule has 12 heavy (non-hydrogen) atoms. The van der Waals surface area contributed by atoms with Crippen LogP contribution in [0.25, 0.3) is 0 Å². The summed E-state index contributed by atoms with van der Waals surface area (Å²) < 4.78 is 4.82. The van der Waals surface area contributed by atoms with Crippen LogP contribution in [0.1, 0.15) is 5.82 Å². The van der Waals surface area contributed by atoms with E-state index in [9.17, 15) is 4.79 Å². The van der Waals surface area contributed by atoms with Crippen molar-refractivity contribution in [3.05, 3.63) is 22.2 Å². The van der Waals surface area contributed by atoms with Crippen LogP contribution in [0.15, 0.2) is 10.9 Å². The number of methoxy groups -OCH3 is 1. The minimum Gasteiger partial charge on any atom is -0.384 e. The number of aromatic nitrogens is 2. The highest BCUT2D eigenvalue weighted by Crippen LogP contribution is 1.93. The molecular weight excluding hydrogens is 158 g/mol. The van der Waals surface area contributed by atoms with Crippen LogP contribution in [-0.2, 0) is 11.2 Å². The van der Waals surface area contributed by atoms with Crippen molar-refractivity contribution in [1.29, 1.82) is 0 Å². The summed E-state index contributed by atoms with van der Waals surface area (Å²) in [7, 11) is 1.59. The molecule has 0 saturated carbocycles. The number of hydrogen-bond donors (Lipinski definition) is 2. The Balaban J connectivity index is 2.79. The van der Waals surface area contributed by atoms with Crippen molar-refractivity contribution in [2.75, 3.05) is 19.5 Å². The summed E-state index contributed by atoms with van der Waals surface area (Å²) in [6, 6.07) is 1.25. The molecule has 1 aromatic rings. The first kappa shape index (κ1) is 8.73. The highest BCUT2D eigenvalue weighted by Gasteiger charge is 1.97. The zero-order chi connectivity index (χ0) is 8.97. The van der Waals surface area contributed by atoms with E-state index >= 15 is 0 Å². The molecule has 0 unspecified atom stereocenters. The SMILES string of the molecule is COCCc1nc(N)cc(=O)[nH]1. The van der Waals surface area contributed by atoms with Crippen molar-refractivity contribution in [3.8, 4) is 0 Å². The minimum atomic E-state index is -0.228. The summed E-state index contributed by atoms with van der Waals surface area (Å²) in [4.78, 5) is 17.3. The quantitative estimate of drug-likeness (QED) is 0.641. The van der Waals surface area contributed by atoms with Gasteiger partial charge in [-0.2, -0.15) is 0 Å². The molecule has 0 aliphatic rings. The zero-order valence-electron chi connectivity index (χ0n) is 6.83. The van der Waals surface area contributed by atoms with Crippen molar-refractivity contribution in [2.24, 2.45) is 0 Å². The second-order valence-corrected chi connectivity index (χ2v) is 2.36. The number of nitrogen functional groups attached to an aromatic ring is 1. The van der Waals surface area contributed by atoms with Gasteiger partial charge in [0.05, 0.1) is 6.61 Å². The van der Waals surface area contributed by atoms with E-state index in [0.29, 0.717) is 18.9 Å². The molecule has 0 atom stereocenters. The number of nitrogens with one attached hydrogen (secondary N) is 1. The Hall–Kier alpha value is -1.36. The number of hydrogen-bond acceptors (Lipinski definition) is 4. The van der Waals surface area contributed by atoms with Gasteiger partial charge < -0.3 is 15.5 Å². The second kappa shape index (κ2) is 3.87. The van der Waals surface area contributed by atoms with Crippen molar-refractivity contribution in [3.63, 3.8) is 0 Å². The van der Waals surface area contributed by atoms with Crippen LogP contribution in [0.3, 0.4) is 0 Å². The standard InChI is InChI=1S/C7H11N3O2/c1-12-3-2-6-9-5(8)4-7(11)10-6/h4H,2-3H2,1H3,(H3,8,9,10,11). The molecule has 1 heterocycles. The average Bonchev–Trinajstić information content (AvgIpc) is 1.99. The van der Waals surface area contributed by atoms with Crippen LogP contribution in [-0.4, -0.2) is 23.7 Å². The molecule has 0 saturated heterocycles. The van der Waals surface area contributed by atoms with Gasteiger partial charge in [0.1, 0.15) is 11.6 Å². The third-order valence-electron chi connectivity index (χ3n) is 1.35. The molecule has 5 nitrogen and oxygen atoms in total. The predicted octanol–water partition coefficient (Wildman–Crippen LogP) is -0.459. The summed E-state index contributed by atoms with van der Waals surface area (Å²) in [5.41, 5.74) is 5.13. The van der Waals surface area contributed by atoms with Gasteiger partial charge in [-0.05, 0) is 0 Å². The molecule has 0 aliphatic carbocycles. The Kier molecular flexibility index (Phi) is 2.82. The lowest BCUT2D eigenvalue weighted by Crippen LogP contribution is -2.13. The second-order valence-electron chi connectivity index (χ2n) is 2.36. The summed E-state index contributed by atoms with van der Waals surface area (Å²) in [6.45, 7) is 0.520. The summed E-state index contributed by atoms with van der Waals surface area (Å²) in [5, 5.41) is 0. The lowest BCUT2D eigenvalue weighted by atomic mass is 10.4. The third kappa shape index (κ3) is 2.35. The molecule has 5 heteroatoms. The van der Waals surface area contributed by atoms with Crippen LogP contribution < -0.4 is 11.3 Å². The molecule has 3 N–H and O–H groups in total. The fraction of sp³-hybridized carbons (Fsp3) is 0.429. The summed E-state index contributed by atoms with van der Waals surface area (Å²) >= 11 is 0. The van der Waals surface area contributed by atoms with Gasteiger partial charge in [0.2, 0.25) is 0 Å². The van der Waals surface area contributed by atoms with E-state index in [0.717, 1.165) is 0 Å². The smallest absolute Gasteiger partial charge is 0.252 e. The molecule has 66 valence electrons. The normalized spacial score (nSPS) is 10.1. The fourth-order valence-corrected chi connectivity index (χ4v) is 0.846. The van der Waals surface area contributed by atoms with Crippen LogP contribution in [0.2, 0.25) is 0 Å². The summed E-state index contributed by atoms with van der Waals surface area (Å²) in [6.07, 6.45) is 0.566. The zero-order valence-corrected chi connectivity index (χ0v) is 6.83. The van der Waals surface area contributed by atoms with E-state index in [1.807, 2.05) is 0 Å². The van der Waals surface area contributed by atoms with Gasteiger partial charge in [0.25, 0.3) is 5.56 Å². The van der Waals surface area contributed by atoms with Crippen molar-refractivity contribution in [1.82, 2.24) is 9.97 Å². The molecule has 0 aromatic carbocycles. The number of aromatic amines is 1. The average molecular weight is 169 g/mol. The third-order valence-corrected chi connectivity index (χ3v) is 1.35. The lowest BCUT2D eigenvalue weighted by molar-refractivity contribution is 0.200. The van der Waals surface area contributed by atoms with Gasteiger partial charge >= 0.3 is 0 Å². The van der Waals surface area contributed by atoms with Crippen LogP contribution in [0.4, 0.5) is 5.82 Å². The van der Waals surface area contributed by atoms with Gasteiger partial charge in [-0.3, -0.25) is 4.79 Å². The molecule has 0 fully saturated rings. The molecule has 0 aliphatic heterocycles. The van der Waals surface area contributed by atoms with E-state index < -0.39 is 0 Å². The highest BCUT2D eigenvalue weighted by atomic mass is 16.5. The first-order chi connectivity index (χ1) is 5.72. The molecule has 1 aromatic heterocycles. The van der Waals surface area contributed by atoms with Crippen LogP contribution in [0, 0.1) is 0 Å². The van der Waals surface area contributed by atoms with E-state index in [4.69, 9.17) is 10.5 Å². The Morgan fingerprint density at radius 2 is 2.50 bits per heavy atom. The van der Waals surface area contributed by atoms with E-state index in [1.165, 1.54) is 6.07 Å². The Bertz CT molecular complexity index is 308. The monoisotopic (exact) mass is 169 g/mol. The molecule has 1 rings (SSSR count). The van der Waals surface area contributed by atoms with Crippen molar-refractivity contribution in [2.45, 2.75) is 6.42 Å².